The lowest BCUT2D eigenvalue weighted by Crippen LogP contribution is -2.44. The Morgan fingerprint density at radius 2 is 2.26 bits per heavy atom. The van der Waals surface area contributed by atoms with Gasteiger partial charge in [0.2, 0.25) is 0 Å². The molecule has 1 saturated carbocycles. The van der Waals surface area contributed by atoms with Crippen LogP contribution < -0.4 is 10.6 Å². The molecule has 1 fully saturated rings. The third-order valence-electron chi connectivity index (χ3n) is 4.49. The summed E-state index contributed by atoms with van der Waals surface area (Å²) >= 11 is 1.98. The van der Waals surface area contributed by atoms with Gasteiger partial charge in [0, 0.05) is 37.1 Å². The van der Waals surface area contributed by atoms with Crippen molar-refractivity contribution in [1.82, 2.24) is 20.4 Å². The molecule has 2 rings (SSSR count). The van der Waals surface area contributed by atoms with Gasteiger partial charge in [-0.05, 0) is 51.3 Å². The van der Waals surface area contributed by atoms with E-state index >= 15 is 0 Å². The Morgan fingerprint density at radius 1 is 1.48 bits per heavy atom. The Hall–Kier alpha value is -1.17. The van der Waals surface area contributed by atoms with Crippen molar-refractivity contribution in [2.24, 2.45) is 10.9 Å². The molecule has 5 nitrogen and oxygen atoms in total. The summed E-state index contributed by atoms with van der Waals surface area (Å²) in [6.07, 6.45) is 6.00. The molecule has 1 heterocycles. The first-order valence-corrected chi connectivity index (χ1v) is 9.81. The highest BCUT2D eigenvalue weighted by molar-refractivity contribution is 7.99. The van der Waals surface area contributed by atoms with Crippen LogP contribution in [0.1, 0.15) is 37.6 Å². The fourth-order valence-electron chi connectivity index (χ4n) is 3.16. The second kappa shape index (κ2) is 8.62. The molecule has 0 radical (unpaired) electrons. The van der Waals surface area contributed by atoms with Crippen LogP contribution in [0, 0.1) is 19.8 Å². The van der Waals surface area contributed by atoms with Crippen LogP contribution in [-0.4, -0.2) is 46.9 Å². The molecule has 0 amide bonds. The van der Waals surface area contributed by atoms with Crippen molar-refractivity contribution < 1.29 is 0 Å². The van der Waals surface area contributed by atoms with E-state index in [0.717, 1.165) is 30.0 Å². The van der Waals surface area contributed by atoms with Crippen LogP contribution in [-0.2, 0) is 6.54 Å². The molecule has 0 aliphatic heterocycles. The predicted molar refractivity (Wildman–Crippen MR) is 100 cm³/mol. The van der Waals surface area contributed by atoms with Crippen LogP contribution in [0.4, 0.5) is 0 Å². The van der Waals surface area contributed by atoms with Crippen LogP contribution in [0.15, 0.2) is 11.1 Å². The number of aliphatic imine (C=N–C) groups is 1. The SMILES string of the molecule is CN=C(NCC(C)Cn1nc(C)cc1C)NC1CCC(SC)C1. The highest BCUT2D eigenvalue weighted by Crippen LogP contribution is 2.27. The molecule has 1 aromatic rings. The minimum atomic E-state index is 0.495. The van der Waals surface area contributed by atoms with E-state index in [1.807, 2.05) is 25.7 Å². The molecule has 6 heteroatoms. The van der Waals surface area contributed by atoms with Crippen LogP contribution in [0.25, 0.3) is 0 Å². The van der Waals surface area contributed by atoms with Crippen molar-refractivity contribution in [2.45, 2.75) is 57.9 Å². The minimum Gasteiger partial charge on any atom is -0.356 e. The van der Waals surface area contributed by atoms with Gasteiger partial charge in [-0.1, -0.05) is 6.92 Å². The molecule has 1 aliphatic rings. The van der Waals surface area contributed by atoms with Crippen molar-refractivity contribution >= 4 is 17.7 Å². The number of thioether (sulfide) groups is 1. The van der Waals surface area contributed by atoms with Gasteiger partial charge in [-0.25, -0.2) is 0 Å². The molecule has 0 bridgehead atoms. The molecule has 130 valence electrons. The van der Waals surface area contributed by atoms with Gasteiger partial charge in [-0.2, -0.15) is 16.9 Å². The number of hydrogen-bond acceptors (Lipinski definition) is 3. The van der Waals surface area contributed by atoms with Gasteiger partial charge in [0.05, 0.1) is 5.69 Å². The smallest absolute Gasteiger partial charge is 0.191 e. The van der Waals surface area contributed by atoms with E-state index in [9.17, 15) is 0 Å². The Bertz CT molecular complexity index is 525. The lowest BCUT2D eigenvalue weighted by atomic mass is 10.2. The van der Waals surface area contributed by atoms with E-state index < -0.39 is 0 Å². The lowest BCUT2D eigenvalue weighted by Gasteiger charge is -2.20. The Balaban J connectivity index is 1.75. The lowest BCUT2D eigenvalue weighted by molar-refractivity contribution is 0.434. The number of aryl methyl sites for hydroxylation is 2. The fraction of sp³-hybridized carbons (Fsp3) is 0.765. The normalized spacial score (nSPS) is 23.1. The summed E-state index contributed by atoms with van der Waals surface area (Å²) in [5.41, 5.74) is 2.32. The van der Waals surface area contributed by atoms with Crippen LogP contribution in [0.5, 0.6) is 0 Å². The quantitative estimate of drug-likeness (QED) is 0.619. The summed E-state index contributed by atoms with van der Waals surface area (Å²) in [7, 11) is 1.85. The van der Waals surface area contributed by atoms with E-state index in [1.165, 1.54) is 25.0 Å². The topological polar surface area (TPSA) is 54.2 Å². The van der Waals surface area contributed by atoms with E-state index in [4.69, 9.17) is 0 Å². The van der Waals surface area contributed by atoms with Crippen LogP contribution >= 0.6 is 11.8 Å². The monoisotopic (exact) mass is 337 g/mol. The summed E-state index contributed by atoms with van der Waals surface area (Å²) in [5, 5.41) is 12.4. The molecular formula is C17H31N5S. The van der Waals surface area contributed by atoms with Gasteiger partial charge in [0.25, 0.3) is 0 Å². The molecule has 3 unspecified atom stereocenters. The molecule has 0 spiro atoms. The molecule has 0 saturated heterocycles. The first-order valence-electron chi connectivity index (χ1n) is 8.52. The second-order valence-corrected chi connectivity index (χ2v) is 7.82. The third-order valence-corrected chi connectivity index (χ3v) is 5.58. The molecule has 2 N–H and O–H groups in total. The maximum absolute atomic E-state index is 4.54. The van der Waals surface area contributed by atoms with Gasteiger partial charge >= 0.3 is 0 Å². The highest BCUT2D eigenvalue weighted by Gasteiger charge is 2.24. The average Bonchev–Trinajstić information content (AvgIpc) is 3.09. The zero-order valence-corrected chi connectivity index (χ0v) is 15.9. The van der Waals surface area contributed by atoms with Gasteiger partial charge in [0.15, 0.2) is 5.96 Å². The van der Waals surface area contributed by atoms with Crippen molar-refractivity contribution in [1.29, 1.82) is 0 Å². The summed E-state index contributed by atoms with van der Waals surface area (Å²) in [5.74, 6) is 1.42. The molecule has 1 aliphatic carbocycles. The Labute approximate surface area is 144 Å². The van der Waals surface area contributed by atoms with Crippen molar-refractivity contribution in [2.75, 3.05) is 19.8 Å². The number of rotatable bonds is 6. The van der Waals surface area contributed by atoms with Gasteiger partial charge < -0.3 is 10.6 Å². The predicted octanol–water partition coefficient (Wildman–Crippen LogP) is 2.59. The summed E-state index contributed by atoms with van der Waals surface area (Å²) in [6, 6.07) is 2.69. The van der Waals surface area contributed by atoms with Gasteiger partial charge in [-0.3, -0.25) is 9.67 Å². The maximum atomic E-state index is 4.54. The third kappa shape index (κ3) is 5.44. The molecular weight excluding hydrogens is 306 g/mol. The average molecular weight is 338 g/mol. The number of nitrogens with one attached hydrogen (secondary N) is 2. The number of guanidine groups is 1. The maximum Gasteiger partial charge on any atom is 0.191 e. The number of nitrogens with zero attached hydrogens (tertiary/aromatic N) is 3. The first kappa shape index (κ1) is 18.2. The number of hydrogen-bond donors (Lipinski definition) is 2. The molecule has 3 atom stereocenters. The molecule has 0 aromatic carbocycles. The molecule has 23 heavy (non-hydrogen) atoms. The fourth-order valence-corrected chi connectivity index (χ4v) is 3.96. The van der Waals surface area contributed by atoms with Gasteiger partial charge in [-0.15, -0.1) is 0 Å². The summed E-state index contributed by atoms with van der Waals surface area (Å²) in [4.78, 5) is 4.37. The molecule has 1 aromatic heterocycles. The number of aromatic nitrogens is 2. The van der Waals surface area contributed by atoms with Gasteiger partial charge in [0.1, 0.15) is 0 Å². The Morgan fingerprint density at radius 3 is 2.83 bits per heavy atom. The van der Waals surface area contributed by atoms with Crippen molar-refractivity contribution in [3.63, 3.8) is 0 Å². The minimum absolute atomic E-state index is 0.495. The Kier molecular flexibility index (Phi) is 6.81. The van der Waals surface area contributed by atoms with Crippen molar-refractivity contribution in [3.8, 4) is 0 Å². The summed E-state index contributed by atoms with van der Waals surface area (Å²) in [6.45, 7) is 8.24. The van der Waals surface area contributed by atoms with Crippen LogP contribution in [0.3, 0.4) is 0 Å². The zero-order valence-electron chi connectivity index (χ0n) is 15.1. The largest absolute Gasteiger partial charge is 0.356 e. The highest BCUT2D eigenvalue weighted by atomic mass is 32.2. The second-order valence-electron chi connectivity index (χ2n) is 6.68. The van der Waals surface area contributed by atoms with E-state index in [-0.39, 0.29) is 0 Å². The van der Waals surface area contributed by atoms with E-state index in [1.54, 1.807) is 0 Å². The van der Waals surface area contributed by atoms with E-state index in [2.05, 4.69) is 51.6 Å². The standard InChI is InChI=1S/C17H31N5S/c1-12(11-22-14(3)8-13(2)21-22)10-19-17(18-4)20-15-6-7-16(9-15)23-5/h8,12,15-16H,6-7,9-11H2,1-5H3,(H2,18,19,20). The zero-order chi connectivity index (χ0) is 16.8. The van der Waals surface area contributed by atoms with Crippen LogP contribution in [0.2, 0.25) is 0 Å². The van der Waals surface area contributed by atoms with E-state index in [0.29, 0.717) is 12.0 Å². The first-order chi connectivity index (χ1) is 11.0. The van der Waals surface area contributed by atoms with Crippen molar-refractivity contribution in [3.05, 3.63) is 17.5 Å². The summed E-state index contributed by atoms with van der Waals surface area (Å²) < 4.78 is 2.10.